The molecule has 0 amide bonds. The SMILES string of the molecule is N#Cc1cc(NCCC(=O)O)nc2ccccc12. The zero-order chi connectivity index (χ0) is 13.0. The predicted molar refractivity (Wildman–Crippen MR) is 67.2 cm³/mol. The summed E-state index contributed by atoms with van der Waals surface area (Å²) in [5.74, 6) is -0.352. The van der Waals surface area contributed by atoms with E-state index in [1.165, 1.54) is 0 Å². The number of nitriles is 1. The van der Waals surface area contributed by atoms with Crippen LogP contribution in [0.4, 0.5) is 5.82 Å². The monoisotopic (exact) mass is 241 g/mol. The zero-order valence-electron chi connectivity index (χ0n) is 9.55. The highest BCUT2D eigenvalue weighted by atomic mass is 16.4. The minimum absolute atomic E-state index is 0.0103. The summed E-state index contributed by atoms with van der Waals surface area (Å²) in [5, 5.41) is 21.3. The number of hydrogen-bond donors (Lipinski definition) is 2. The lowest BCUT2D eigenvalue weighted by atomic mass is 10.1. The maximum absolute atomic E-state index is 10.4. The molecule has 2 N–H and O–H groups in total. The van der Waals surface area contributed by atoms with Crippen molar-refractivity contribution in [2.45, 2.75) is 6.42 Å². The molecule has 0 saturated carbocycles. The Morgan fingerprint density at radius 3 is 2.94 bits per heavy atom. The van der Waals surface area contributed by atoms with Crippen LogP contribution in [0.1, 0.15) is 12.0 Å². The molecule has 0 unspecified atom stereocenters. The lowest BCUT2D eigenvalue weighted by Gasteiger charge is -2.06. The number of rotatable bonds is 4. The van der Waals surface area contributed by atoms with E-state index in [2.05, 4.69) is 16.4 Å². The second kappa shape index (κ2) is 5.15. The van der Waals surface area contributed by atoms with Crippen molar-refractivity contribution < 1.29 is 9.90 Å². The van der Waals surface area contributed by atoms with Gasteiger partial charge in [0.1, 0.15) is 5.82 Å². The molecule has 5 nitrogen and oxygen atoms in total. The van der Waals surface area contributed by atoms with E-state index in [1.54, 1.807) is 6.07 Å². The van der Waals surface area contributed by atoms with E-state index in [9.17, 15) is 4.79 Å². The second-order valence-electron chi connectivity index (χ2n) is 3.75. The third-order valence-electron chi connectivity index (χ3n) is 2.48. The number of anilines is 1. The first-order valence-corrected chi connectivity index (χ1v) is 5.46. The number of aromatic nitrogens is 1. The molecule has 2 aromatic rings. The van der Waals surface area contributed by atoms with Gasteiger partial charge in [-0.2, -0.15) is 5.26 Å². The van der Waals surface area contributed by atoms with Crippen molar-refractivity contribution in [3.63, 3.8) is 0 Å². The summed E-state index contributed by atoms with van der Waals surface area (Å²) in [6.07, 6.45) is 0.0103. The van der Waals surface area contributed by atoms with Gasteiger partial charge >= 0.3 is 5.97 Å². The molecule has 0 fully saturated rings. The molecule has 0 spiro atoms. The Morgan fingerprint density at radius 1 is 1.44 bits per heavy atom. The molecule has 1 heterocycles. The van der Waals surface area contributed by atoms with Gasteiger partial charge in [0.05, 0.1) is 23.6 Å². The van der Waals surface area contributed by atoms with E-state index in [-0.39, 0.29) is 13.0 Å². The number of para-hydroxylation sites is 1. The molecule has 0 aliphatic rings. The largest absolute Gasteiger partial charge is 0.481 e. The van der Waals surface area contributed by atoms with E-state index < -0.39 is 5.97 Å². The van der Waals surface area contributed by atoms with E-state index in [0.29, 0.717) is 11.4 Å². The lowest BCUT2D eigenvalue weighted by molar-refractivity contribution is -0.136. The number of fused-ring (bicyclic) bond motifs is 1. The predicted octanol–water partition coefficient (Wildman–Crippen LogP) is 1.99. The van der Waals surface area contributed by atoms with Gasteiger partial charge in [-0.1, -0.05) is 18.2 Å². The number of benzene rings is 1. The van der Waals surface area contributed by atoms with Gasteiger partial charge in [-0.15, -0.1) is 0 Å². The standard InChI is InChI=1S/C13H11N3O2/c14-8-9-7-12(15-6-5-13(17)18)16-11-4-2-1-3-10(9)11/h1-4,7H,5-6H2,(H,15,16)(H,17,18). The third-order valence-corrected chi connectivity index (χ3v) is 2.48. The van der Waals surface area contributed by atoms with Crippen molar-refractivity contribution in [2.75, 3.05) is 11.9 Å². The highest BCUT2D eigenvalue weighted by Gasteiger charge is 2.05. The number of carboxylic acids is 1. The quantitative estimate of drug-likeness (QED) is 0.854. The Morgan fingerprint density at radius 2 is 2.22 bits per heavy atom. The van der Waals surface area contributed by atoms with Gasteiger partial charge in [-0.3, -0.25) is 4.79 Å². The van der Waals surface area contributed by atoms with Crippen LogP contribution in [-0.4, -0.2) is 22.6 Å². The minimum atomic E-state index is -0.871. The number of nitrogens with zero attached hydrogens (tertiary/aromatic N) is 2. The van der Waals surface area contributed by atoms with Gasteiger partial charge in [0.15, 0.2) is 0 Å². The summed E-state index contributed by atoms with van der Waals surface area (Å²) in [7, 11) is 0. The second-order valence-corrected chi connectivity index (χ2v) is 3.75. The minimum Gasteiger partial charge on any atom is -0.481 e. The molecule has 1 aromatic heterocycles. The smallest absolute Gasteiger partial charge is 0.305 e. The highest BCUT2D eigenvalue weighted by Crippen LogP contribution is 2.19. The van der Waals surface area contributed by atoms with Gasteiger partial charge in [0, 0.05) is 11.9 Å². The summed E-state index contributed by atoms with van der Waals surface area (Å²) in [6, 6.07) is 11.1. The fourth-order valence-corrected chi connectivity index (χ4v) is 1.66. The normalized spacial score (nSPS) is 9.94. The average molecular weight is 241 g/mol. The van der Waals surface area contributed by atoms with Crippen molar-refractivity contribution in [1.82, 2.24) is 4.98 Å². The number of hydrogen-bond acceptors (Lipinski definition) is 4. The van der Waals surface area contributed by atoms with Crippen LogP contribution in [0.25, 0.3) is 10.9 Å². The molecule has 90 valence electrons. The molecular weight excluding hydrogens is 230 g/mol. The zero-order valence-corrected chi connectivity index (χ0v) is 9.55. The Bertz CT molecular complexity index is 632. The first-order chi connectivity index (χ1) is 8.70. The van der Waals surface area contributed by atoms with E-state index in [4.69, 9.17) is 10.4 Å². The third kappa shape index (κ3) is 2.55. The van der Waals surface area contributed by atoms with Gasteiger partial charge in [0.25, 0.3) is 0 Å². The molecule has 5 heteroatoms. The van der Waals surface area contributed by atoms with Crippen LogP contribution in [0.3, 0.4) is 0 Å². The molecule has 0 aliphatic heterocycles. The van der Waals surface area contributed by atoms with E-state index in [1.807, 2.05) is 24.3 Å². The van der Waals surface area contributed by atoms with Crippen LogP contribution in [0.15, 0.2) is 30.3 Å². The van der Waals surface area contributed by atoms with Gasteiger partial charge in [-0.25, -0.2) is 4.98 Å². The van der Waals surface area contributed by atoms with Crippen LogP contribution in [0.2, 0.25) is 0 Å². The summed E-state index contributed by atoms with van der Waals surface area (Å²) in [5.41, 5.74) is 1.24. The molecule has 18 heavy (non-hydrogen) atoms. The van der Waals surface area contributed by atoms with Crippen LogP contribution in [-0.2, 0) is 4.79 Å². The topological polar surface area (TPSA) is 86.0 Å². The van der Waals surface area contributed by atoms with Crippen molar-refractivity contribution in [3.05, 3.63) is 35.9 Å². The molecule has 0 bridgehead atoms. The first-order valence-electron chi connectivity index (χ1n) is 5.46. The number of aliphatic carboxylic acids is 1. The van der Waals surface area contributed by atoms with Crippen molar-refractivity contribution in [2.24, 2.45) is 0 Å². The van der Waals surface area contributed by atoms with Crippen LogP contribution >= 0.6 is 0 Å². The Balaban J connectivity index is 2.30. The van der Waals surface area contributed by atoms with E-state index in [0.717, 1.165) is 10.9 Å². The Hall–Kier alpha value is -2.61. The molecule has 1 aromatic carbocycles. The van der Waals surface area contributed by atoms with Crippen molar-refractivity contribution >= 4 is 22.7 Å². The maximum Gasteiger partial charge on any atom is 0.305 e. The summed E-state index contributed by atoms with van der Waals surface area (Å²) < 4.78 is 0. The van der Waals surface area contributed by atoms with Gasteiger partial charge in [0.2, 0.25) is 0 Å². The van der Waals surface area contributed by atoms with E-state index >= 15 is 0 Å². The molecule has 0 atom stereocenters. The average Bonchev–Trinajstić information content (AvgIpc) is 2.37. The molecule has 0 radical (unpaired) electrons. The highest BCUT2D eigenvalue weighted by molar-refractivity contribution is 5.86. The fraction of sp³-hybridized carbons (Fsp3) is 0.154. The Kier molecular flexibility index (Phi) is 3.39. The van der Waals surface area contributed by atoms with Crippen LogP contribution < -0.4 is 5.32 Å². The summed E-state index contributed by atoms with van der Waals surface area (Å²) in [4.78, 5) is 14.7. The molecule has 0 saturated heterocycles. The number of carboxylic acid groups (broad SMARTS) is 1. The number of nitrogens with one attached hydrogen (secondary N) is 1. The number of carbonyl (C=O) groups is 1. The van der Waals surface area contributed by atoms with Gasteiger partial charge in [-0.05, 0) is 12.1 Å². The molecule has 0 aliphatic carbocycles. The van der Waals surface area contributed by atoms with Crippen molar-refractivity contribution in [1.29, 1.82) is 5.26 Å². The van der Waals surface area contributed by atoms with Crippen LogP contribution in [0.5, 0.6) is 0 Å². The number of pyridine rings is 1. The van der Waals surface area contributed by atoms with Crippen LogP contribution in [0, 0.1) is 11.3 Å². The van der Waals surface area contributed by atoms with Crippen molar-refractivity contribution in [3.8, 4) is 6.07 Å². The fourth-order valence-electron chi connectivity index (χ4n) is 1.66. The molecular formula is C13H11N3O2. The summed E-state index contributed by atoms with van der Waals surface area (Å²) in [6.45, 7) is 0.283. The molecule has 2 rings (SSSR count). The first kappa shape index (κ1) is 11.9. The lowest BCUT2D eigenvalue weighted by Crippen LogP contribution is -2.08. The summed E-state index contributed by atoms with van der Waals surface area (Å²) >= 11 is 0. The maximum atomic E-state index is 10.4. The Labute approximate surface area is 104 Å². The van der Waals surface area contributed by atoms with Gasteiger partial charge < -0.3 is 10.4 Å².